The Kier molecular flexibility index (Phi) is 5.97. The van der Waals surface area contributed by atoms with Gasteiger partial charge in [-0.05, 0) is 24.1 Å². The van der Waals surface area contributed by atoms with Crippen LogP contribution in [0.1, 0.15) is 16.8 Å². The molecule has 2 heterocycles. The van der Waals surface area contributed by atoms with Crippen LogP contribution in [0.5, 0.6) is 0 Å². The summed E-state index contributed by atoms with van der Waals surface area (Å²) in [6.45, 7) is 2.67. The summed E-state index contributed by atoms with van der Waals surface area (Å²) in [5.41, 5.74) is 5.80. The standard InChI is InChI=1S/C23H24ClN3O2/c1-29-22(28)16-26-13-11-20-21(12-14-26)27(15-17-5-3-2-4-6-17)25-23(20)18-7-9-19(24)10-8-18/h2-10H,11-16H2,1H3. The Morgan fingerprint density at radius 3 is 2.52 bits per heavy atom. The first-order chi connectivity index (χ1) is 14.1. The highest BCUT2D eigenvalue weighted by molar-refractivity contribution is 6.30. The van der Waals surface area contributed by atoms with Gasteiger partial charge in [-0.2, -0.15) is 5.10 Å². The van der Waals surface area contributed by atoms with E-state index in [9.17, 15) is 4.79 Å². The lowest BCUT2D eigenvalue weighted by Gasteiger charge is -2.18. The van der Waals surface area contributed by atoms with Gasteiger partial charge in [0.25, 0.3) is 0 Å². The third-order valence-electron chi connectivity index (χ3n) is 5.38. The van der Waals surface area contributed by atoms with Crippen LogP contribution in [0.4, 0.5) is 0 Å². The number of hydrogen-bond donors (Lipinski definition) is 0. The van der Waals surface area contributed by atoms with Crippen molar-refractivity contribution >= 4 is 17.6 Å². The Hall–Kier alpha value is -2.63. The topological polar surface area (TPSA) is 47.4 Å². The summed E-state index contributed by atoms with van der Waals surface area (Å²) < 4.78 is 6.97. The minimum atomic E-state index is -0.195. The van der Waals surface area contributed by atoms with Crippen LogP contribution in [0.3, 0.4) is 0 Å². The fraction of sp³-hybridized carbons (Fsp3) is 0.304. The molecule has 2 aromatic carbocycles. The lowest BCUT2D eigenvalue weighted by atomic mass is 10.0. The Balaban J connectivity index is 1.68. The summed E-state index contributed by atoms with van der Waals surface area (Å²) in [6.07, 6.45) is 1.69. The molecule has 3 aromatic rings. The normalized spacial score (nSPS) is 14.3. The number of hydrogen-bond acceptors (Lipinski definition) is 4. The highest BCUT2D eigenvalue weighted by Crippen LogP contribution is 2.30. The van der Waals surface area contributed by atoms with Crippen LogP contribution in [0.25, 0.3) is 11.3 Å². The van der Waals surface area contributed by atoms with E-state index in [0.29, 0.717) is 11.6 Å². The molecule has 4 rings (SSSR count). The fourth-order valence-electron chi connectivity index (χ4n) is 3.85. The average Bonchev–Trinajstić information content (AvgIpc) is 2.94. The maximum absolute atomic E-state index is 11.7. The van der Waals surface area contributed by atoms with Gasteiger partial charge in [-0.15, -0.1) is 0 Å². The molecule has 0 spiro atoms. The molecular formula is C23H24ClN3O2. The average molecular weight is 410 g/mol. The van der Waals surface area contributed by atoms with Crippen molar-refractivity contribution < 1.29 is 9.53 Å². The molecule has 1 aromatic heterocycles. The molecule has 0 amide bonds. The number of methoxy groups -OCH3 is 1. The Morgan fingerprint density at radius 2 is 1.79 bits per heavy atom. The lowest BCUT2D eigenvalue weighted by molar-refractivity contribution is -0.141. The quantitative estimate of drug-likeness (QED) is 0.601. The highest BCUT2D eigenvalue weighted by Gasteiger charge is 2.24. The number of fused-ring (bicyclic) bond motifs is 1. The second-order valence-electron chi connectivity index (χ2n) is 7.28. The minimum Gasteiger partial charge on any atom is -0.468 e. The lowest BCUT2D eigenvalue weighted by Crippen LogP contribution is -2.33. The first-order valence-electron chi connectivity index (χ1n) is 9.81. The Bertz CT molecular complexity index is 983. The van der Waals surface area contributed by atoms with Crippen molar-refractivity contribution in [3.8, 4) is 11.3 Å². The SMILES string of the molecule is COC(=O)CN1CCc2c(-c3ccc(Cl)cc3)nn(Cc3ccccc3)c2CC1. The van der Waals surface area contributed by atoms with Crippen LogP contribution < -0.4 is 0 Å². The number of nitrogens with zero attached hydrogens (tertiary/aromatic N) is 3. The second-order valence-corrected chi connectivity index (χ2v) is 7.71. The van der Waals surface area contributed by atoms with E-state index in [4.69, 9.17) is 21.4 Å². The number of rotatable bonds is 5. The monoisotopic (exact) mass is 409 g/mol. The molecule has 1 aliphatic heterocycles. The van der Waals surface area contributed by atoms with Crippen molar-refractivity contribution in [3.63, 3.8) is 0 Å². The Morgan fingerprint density at radius 1 is 1.07 bits per heavy atom. The van der Waals surface area contributed by atoms with Crippen LogP contribution in [0.15, 0.2) is 54.6 Å². The molecule has 0 N–H and O–H groups in total. The van der Waals surface area contributed by atoms with Gasteiger partial charge in [-0.3, -0.25) is 14.4 Å². The second kappa shape index (κ2) is 8.80. The molecule has 0 atom stereocenters. The van der Waals surface area contributed by atoms with Crippen LogP contribution in [-0.2, 0) is 28.9 Å². The number of aromatic nitrogens is 2. The van der Waals surface area contributed by atoms with Crippen molar-refractivity contribution in [2.75, 3.05) is 26.7 Å². The molecule has 29 heavy (non-hydrogen) atoms. The molecule has 0 saturated carbocycles. The number of carbonyl (C=O) groups is 1. The molecular weight excluding hydrogens is 386 g/mol. The van der Waals surface area contributed by atoms with Gasteiger partial charge in [0.1, 0.15) is 0 Å². The smallest absolute Gasteiger partial charge is 0.319 e. The van der Waals surface area contributed by atoms with E-state index >= 15 is 0 Å². The Labute approximate surface area is 175 Å². The van der Waals surface area contributed by atoms with E-state index in [0.717, 1.165) is 43.7 Å². The summed E-state index contributed by atoms with van der Waals surface area (Å²) in [6, 6.07) is 18.2. The first-order valence-corrected chi connectivity index (χ1v) is 10.2. The van der Waals surface area contributed by atoms with E-state index < -0.39 is 0 Å². The van der Waals surface area contributed by atoms with Gasteiger partial charge in [-0.25, -0.2) is 0 Å². The maximum atomic E-state index is 11.7. The zero-order chi connectivity index (χ0) is 20.2. The number of benzene rings is 2. The fourth-order valence-corrected chi connectivity index (χ4v) is 3.98. The van der Waals surface area contributed by atoms with Crippen molar-refractivity contribution in [1.82, 2.24) is 14.7 Å². The molecule has 0 fully saturated rings. The predicted molar refractivity (Wildman–Crippen MR) is 114 cm³/mol. The van der Waals surface area contributed by atoms with Crippen molar-refractivity contribution in [2.24, 2.45) is 0 Å². The zero-order valence-electron chi connectivity index (χ0n) is 16.5. The molecule has 0 bridgehead atoms. The molecule has 1 aliphatic rings. The van der Waals surface area contributed by atoms with Crippen molar-refractivity contribution in [1.29, 1.82) is 0 Å². The van der Waals surface area contributed by atoms with Gasteiger partial charge in [-0.1, -0.05) is 54.1 Å². The van der Waals surface area contributed by atoms with E-state index in [1.54, 1.807) is 0 Å². The number of ether oxygens (including phenoxy) is 1. The molecule has 0 saturated heterocycles. The third-order valence-corrected chi connectivity index (χ3v) is 5.63. The maximum Gasteiger partial charge on any atom is 0.319 e. The van der Waals surface area contributed by atoms with Crippen LogP contribution in [0.2, 0.25) is 5.02 Å². The van der Waals surface area contributed by atoms with E-state index in [1.165, 1.54) is 23.9 Å². The summed E-state index contributed by atoms with van der Waals surface area (Å²) in [4.78, 5) is 13.9. The van der Waals surface area contributed by atoms with E-state index in [2.05, 4.69) is 33.8 Å². The van der Waals surface area contributed by atoms with Crippen LogP contribution in [0, 0.1) is 0 Å². The van der Waals surface area contributed by atoms with Gasteiger partial charge in [0.2, 0.25) is 0 Å². The van der Waals surface area contributed by atoms with Gasteiger partial charge in [0.15, 0.2) is 0 Å². The number of halogens is 1. The summed E-state index contributed by atoms with van der Waals surface area (Å²) in [5, 5.41) is 5.71. The van der Waals surface area contributed by atoms with Gasteiger partial charge < -0.3 is 4.74 Å². The molecule has 5 nitrogen and oxygen atoms in total. The van der Waals surface area contributed by atoms with Gasteiger partial charge in [0.05, 0.1) is 25.9 Å². The molecule has 0 aliphatic carbocycles. The molecule has 0 radical (unpaired) electrons. The minimum absolute atomic E-state index is 0.195. The predicted octanol–water partition coefficient (Wildman–Crippen LogP) is 3.83. The molecule has 0 unspecified atom stereocenters. The van der Waals surface area contributed by atoms with E-state index in [-0.39, 0.29) is 5.97 Å². The highest BCUT2D eigenvalue weighted by atomic mass is 35.5. The number of esters is 1. The molecule has 6 heteroatoms. The largest absolute Gasteiger partial charge is 0.468 e. The van der Waals surface area contributed by atoms with Crippen LogP contribution >= 0.6 is 11.6 Å². The van der Waals surface area contributed by atoms with Crippen molar-refractivity contribution in [2.45, 2.75) is 19.4 Å². The molecule has 150 valence electrons. The van der Waals surface area contributed by atoms with E-state index in [1.807, 2.05) is 30.3 Å². The zero-order valence-corrected chi connectivity index (χ0v) is 17.2. The summed E-state index contributed by atoms with van der Waals surface area (Å²) >= 11 is 6.09. The third kappa shape index (κ3) is 4.52. The van der Waals surface area contributed by atoms with Crippen LogP contribution in [-0.4, -0.2) is 47.4 Å². The summed E-state index contributed by atoms with van der Waals surface area (Å²) in [7, 11) is 1.44. The van der Waals surface area contributed by atoms with Gasteiger partial charge in [0, 0.05) is 41.4 Å². The summed E-state index contributed by atoms with van der Waals surface area (Å²) in [5.74, 6) is -0.195. The first kappa shape index (κ1) is 19.7. The van der Waals surface area contributed by atoms with Crippen molar-refractivity contribution in [3.05, 3.63) is 76.4 Å². The van der Waals surface area contributed by atoms with Gasteiger partial charge >= 0.3 is 5.97 Å². The number of carbonyl (C=O) groups excluding carboxylic acids is 1.